The molecule has 0 aliphatic heterocycles. The molecule has 90 valence electrons. The molecule has 1 heterocycles. The number of esters is 1. The maximum Gasteiger partial charge on any atom is 0.310 e. The van der Waals surface area contributed by atoms with Gasteiger partial charge in [-0.3, -0.25) is 4.79 Å². The van der Waals surface area contributed by atoms with Crippen LogP contribution in [0, 0.1) is 11.3 Å². The van der Waals surface area contributed by atoms with Crippen LogP contribution in [0.2, 0.25) is 0 Å². The van der Waals surface area contributed by atoms with Crippen molar-refractivity contribution in [2.75, 3.05) is 6.61 Å². The highest BCUT2D eigenvalue weighted by molar-refractivity contribution is 5.72. The summed E-state index contributed by atoms with van der Waals surface area (Å²) in [5, 5.41) is 8.63. The van der Waals surface area contributed by atoms with E-state index in [9.17, 15) is 13.6 Å². The van der Waals surface area contributed by atoms with Crippen molar-refractivity contribution >= 4 is 5.97 Å². The standard InChI is InChI=1S/C11H10F2N2O2/c1-2-17-10(16)5-7-3-8(6-14)15-9(4-7)11(12)13/h3-4,11H,2,5H2,1H3. The summed E-state index contributed by atoms with van der Waals surface area (Å²) in [5.41, 5.74) is -0.351. The van der Waals surface area contributed by atoms with E-state index >= 15 is 0 Å². The SMILES string of the molecule is CCOC(=O)Cc1cc(C#N)nc(C(F)F)c1. The summed E-state index contributed by atoms with van der Waals surface area (Å²) < 4.78 is 29.6. The van der Waals surface area contributed by atoms with E-state index < -0.39 is 18.1 Å². The maximum atomic E-state index is 12.5. The van der Waals surface area contributed by atoms with Gasteiger partial charge in [-0.15, -0.1) is 0 Å². The van der Waals surface area contributed by atoms with E-state index in [0.717, 1.165) is 6.07 Å². The summed E-state index contributed by atoms with van der Waals surface area (Å²) in [4.78, 5) is 14.6. The van der Waals surface area contributed by atoms with Gasteiger partial charge in [-0.2, -0.15) is 5.26 Å². The number of hydrogen-bond acceptors (Lipinski definition) is 4. The number of carbonyl (C=O) groups excluding carboxylic acids is 1. The number of hydrogen-bond donors (Lipinski definition) is 0. The summed E-state index contributed by atoms with van der Waals surface area (Å²) in [7, 11) is 0. The van der Waals surface area contributed by atoms with Crippen LogP contribution in [0.3, 0.4) is 0 Å². The number of nitriles is 1. The van der Waals surface area contributed by atoms with E-state index in [0.29, 0.717) is 5.56 Å². The normalized spacial score (nSPS) is 10.1. The molecule has 0 atom stereocenters. The van der Waals surface area contributed by atoms with Gasteiger partial charge < -0.3 is 4.74 Å². The van der Waals surface area contributed by atoms with Crippen molar-refractivity contribution < 1.29 is 18.3 Å². The van der Waals surface area contributed by atoms with E-state index in [1.807, 2.05) is 0 Å². The van der Waals surface area contributed by atoms with Gasteiger partial charge in [0.05, 0.1) is 13.0 Å². The van der Waals surface area contributed by atoms with Crippen LogP contribution in [-0.4, -0.2) is 17.6 Å². The van der Waals surface area contributed by atoms with Gasteiger partial charge in [-0.05, 0) is 24.6 Å². The zero-order valence-corrected chi connectivity index (χ0v) is 9.11. The highest BCUT2D eigenvalue weighted by atomic mass is 19.3. The Morgan fingerprint density at radius 2 is 2.29 bits per heavy atom. The van der Waals surface area contributed by atoms with Crippen molar-refractivity contribution in [3.05, 3.63) is 29.1 Å². The number of carbonyl (C=O) groups is 1. The fourth-order valence-corrected chi connectivity index (χ4v) is 1.26. The molecule has 17 heavy (non-hydrogen) atoms. The topological polar surface area (TPSA) is 63.0 Å². The lowest BCUT2D eigenvalue weighted by atomic mass is 10.1. The van der Waals surface area contributed by atoms with Gasteiger partial charge in [0.1, 0.15) is 17.5 Å². The zero-order chi connectivity index (χ0) is 12.8. The van der Waals surface area contributed by atoms with Crippen LogP contribution in [0.5, 0.6) is 0 Å². The molecule has 0 saturated heterocycles. The van der Waals surface area contributed by atoms with E-state index in [4.69, 9.17) is 5.26 Å². The summed E-state index contributed by atoms with van der Waals surface area (Å²) in [6, 6.07) is 4.07. The minimum absolute atomic E-state index is 0.137. The van der Waals surface area contributed by atoms with Crippen LogP contribution >= 0.6 is 0 Å². The second-order valence-corrected chi connectivity index (χ2v) is 3.18. The number of aromatic nitrogens is 1. The van der Waals surface area contributed by atoms with Crippen LogP contribution < -0.4 is 0 Å². The van der Waals surface area contributed by atoms with Gasteiger partial charge in [0.15, 0.2) is 0 Å². The van der Waals surface area contributed by atoms with Gasteiger partial charge in [-0.1, -0.05) is 0 Å². The summed E-state index contributed by atoms with van der Waals surface area (Å²) in [6.07, 6.45) is -2.92. The first-order valence-electron chi connectivity index (χ1n) is 4.91. The lowest BCUT2D eigenvalue weighted by Gasteiger charge is -2.05. The van der Waals surface area contributed by atoms with Crippen molar-refractivity contribution in [2.24, 2.45) is 0 Å². The van der Waals surface area contributed by atoms with Gasteiger partial charge >= 0.3 is 5.97 Å². The molecule has 0 bridgehead atoms. The highest BCUT2D eigenvalue weighted by Gasteiger charge is 2.13. The first-order valence-corrected chi connectivity index (χ1v) is 4.91. The maximum absolute atomic E-state index is 12.5. The predicted molar refractivity (Wildman–Crippen MR) is 54.2 cm³/mol. The summed E-state index contributed by atoms with van der Waals surface area (Å²) in [6.45, 7) is 1.87. The van der Waals surface area contributed by atoms with Crippen molar-refractivity contribution in [2.45, 2.75) is 19.8 Å². The molecule has 0 aromatic carbocycles. The molecule has 0 N–H and O–H groups in total. The van der Waals surface area contributed by atoms with Crippen LogP contribution in [0.25, 0.3) is 0 Å². The molecule has 0 spiro atoms. The van der Waals surface area contributed by atoms with Gasteiger partial charge in [0.25, 0.3) is 6.43 Å². The first kappa shape index (κ1) is 13.0. The van der Waals surface area contributed by atoms with E-state index in [-0.39, 0.29) is 18.7 Å². The van der Waals surface area contributed by atoms with Gasteiger partial charge in [0, 0.05) is 0 Å². The van der Waals surface area contributed by atoms with E-state index in [1.54, 1.807) is 13.0 Å². The second-order valence-electron chi connectivity index (χ2n) is 3.18. The Morgan fingerprint density at radius 1 is 1.59 bits per heavy atom. The number of nitrogens with zero attached hydrogens (tertiary/aromatic N) is 2. The lowest BCUT2D eigenvalue weighted by Crippen LogP contribution is -2.08. The monoisotopic (exact) mass is 240 g/mol. The number of alkyl halides is 2. The summed E-state index contributed by atoms with van der Waals surface area (Å²) >= 11 is 0. The Morgan fingerprint density at radius 3 is 2.82 bits per heavy atom. The number of halogens is 2. The molecular weight excluding hydrogens is 230 g/mol. The largest absolute Gasteiger partial charge is 0.466 e. The van der Waals surface area contributed by atoms with Crippen molar-refractivity contribution in [3.63, 3.8) is 0 Å². The van der Waals surface area contributed by atoms with Gasteiger partial charge in [-0.25, -0.2) is 13.8 Å². The molecule has 4 nitrogen and oxygen atoms in total. The Labute approximate surface area is 96.8 Å². The molecule has 6 heteroatoms. The molecule has 0 saturated carbocycles. The Balaban J connectivity index is 2.96. The fraction of sp³-hybridized carbons (Fsp3) is 0.364. The first-order chi connectivity index (χ1) is 8.06. The highest BCUT2D eigenvalue weighted by Crippen LogP contribution is 2.18. The average molecular weight is 240 g/mol. The van der Waals surface area contributed by atoms with Gasteiger partial charge in [0.2, 0.25) is 0 Å². The minimum atomic E-state index is -2.77. The molecule has 1 rings (SSSR count). The molecule has 0 aliphatic carbocycles. The predicted octanol–water partition coefficient (Wildman–Crippen LogP) is 2.00. The number of ether oxygens (including phenoxy) is 1. The minimum Gasteiger partial charge on any atom is -0.466 e. The third kappa shape index (κ3) is 3.79. The van der Waals surface area contributed by atoms with E-state index in [1.165, 1.54) is 6.07 Å². The van der Waals surface area contributed by atoms with Crippen LogP contribution in [-0.2, 0) is 16.0 Å². The lowest BCUT2D eigenvalue weighted by molar-refractivity contribution is -0.142. The third-order valence-electron chi connectivity index (χ3n) is 1.90. The zero-order valence-electron chi connectivity index (χ0n) is 9.11. The van der Waals surface area contributed by atoms with Crippen LogP contribution in [0.15, 0.2) is 12.1 Å². The molecule has 0 aliphatic rings. The van der Waals surface area contributed by atoms with E-state index in [2.05, 4.69) is 9.72 Å². The molecule has 1 aromatic rings. The van der Waals surface area contributed by atoms with Crippen molar-refractivity contribution in [1.29, 1.82) is 5.26 Å². The Kier molecular flexibility index (Phi) is 4.52. The van der Waals surface area contributed by atoms with Crippen LogP contribution in [0.1, 0.15) is 30.3 Å². The molecular formula is C11H10F2N2O2. The molecule has 0 amide bonds. The Bertz CT molecular complexity index is 455. The fourth-order valence-electron chi connectivity index (χ4n) is 1.26. The van der Waals surface area contributed by atoms with Crippen LogP contribution in [0.4, 0.5) is 8.78 Å². The third-order valence-corrected chi connectivity index (χ3v) is 1.90. The molecule has 0 fully saturated rings. The Hall–Kier alpha value is -2.03. The number of rotatable bonds is 4. The quantitative estimate of drug-likeness (QED) is 0.755. The molecule has 0 unspecified atom stereocenters. The second kappa shape index (κ2) is 5.89. The molecule has 0 radical (unpaired) electrons. The van der Waals surface area contributed by atoms with Crippen molar-refractivity contribution in [3.8, 4) is 6.07 Å². The average Bonchev–Trinajstić information content (AvgIpc) is 2.28. The molecule has 1 aromatic heterocycles. The smallest absolute Gasteiger partial charge is 0.310 e. The van der Waals surface area contributed by atoms with Crippen molar-refractivity contribution in [1.82, 2.24) is 4.98 Å². The summed E-state index contributed by atoms with van der Waals surface area (Å²) in [5.74, 6) is -0.525. The number of pyridine rings is 1.